The lowest BCUT2D eigenvalue weighted by molar-refractivity contribution is -0.125. The zero-order valence-corrected chi connectivity index (χ0v) is 15.8. The summed E-state index contributed by atoms with van der Waals surface area (Å²) < 4.78 is 13.0. The standard InChI is InChI=1S/C17H22FN3OS.ClH/c1-9(10(2)19)16(22)20-11(3)15-12(4)21-17(23-15)13-5-7-14(18)8-6-13;/h5-11H,19H2,1-4H3,(H,20,22);1H. The number of benzene rings is 1. The number of aromatic nitrogens is 1. The number of hydrogen-bond donors (Lipinski definition) is 2. The van der Waals surface area contributed by atoms with Crippen LogP contribution in [0.2, 0.25) is 0 Å². The highest BCUT2D eigenvalue weighted by Crippen LogP contribution is 2.31. The summed E-state index contributed by atoms with van der Waals surface area (Å²) in [6.45, 7) is 7.48. The van der Waals surface area contributed by atoms with Crippen molar-refractivity contribution in [2.45, 2.75) is 39.8 Å². The van der Waals surface area contributed by atoms with Crippen molar-refractivity contribution in [3.8, 4) is 10.6 Å². The molecular weight excluding hydrogens is 349 g/mol. The van der Waals surface area contributed by atoms with E-state index in [2.05, 4.69) is 10.3 Å². The van der Waals surface area contributed by atoms with Crippen LogP contribution in [0.5, 0.6) is 0 Å². The number of nitrogens with zero attached hydrogens (tertiary/aromatic N) is 1. The average Bonchev–Trinajstić information content (AvgIpc) is 2.89. The van der Waals surface area contributed by atoms with Crippen LogP contribution in [0.1, 0.15) is 37.4 Å². The summed E-state index contributed by atoms with van der Waals surface area (Å²) in [6, 6.07) is 5.91. The summed E-state index contributed by atoms with van der Waals surface area (Å²) in [5.74, 6) is -0.585. The Bertz CT molecular complexity index is 688. The second-order valence-electron chi connectivity index (χ2n) is 5.85. The zero-order valence-electron chi connectivity index (χ0n) is 14.2. The minimum absolute atomic E-state index is 0. The zero-order chi connectivity index (χ0) is 17.1. The first-order valence-electron chi connectivity index (χ1n) is 7.58. The Labute approximate surface area is 152 Å². The number of halogens is 2. The quantitative estimate of drug-likeness (QED) is 0.839. The molecule has 24 heavy (non-hydrogen) atoms. The number of nitrogens with one attached hydrogen (secondary N) is 1. The molecule has 1 heterocycles. The van der Waals surface area contributed by atoms with E-state index in [0.717, 1.165) is 21.1 Å². The Morgan fingerprint density at radius 2 is 1.83 bits per heavy atom. The number of aryl methyl sites for hydroxylation is 1. The Morgan fingerprint density at radius 1 is 1.25 bits per heavy atom. The fourth-order valence-electron chi connectivity index (χ4n) is 2.18. The first-order valence-corrected chi connectivity index (χ1v) is 8.40. The first kappa shape index (κ1) is 20.5. The largest absolute Gasteiger partial charge is 0.348 e. The minimum atomic E-state index is -0.271. The Kier molecular flexibility index (Phi) is 7.32. The maximum Gasteiger partial charge on any atom is 0.224 e. The number of hydrogen-bond acceptors (Lipinski definition) is 4. The summed E-state index contributed by atoms with van der Waals surface area (Å²) in [5.41, 5.74) is 7.51. The minimum Gasteiger partial charge on any atom is -0.348 e. The number of thiazole rings is 1. The highest BCUT2D eigenvalue weighted by atomic mass is 35.5. The maximum absolute atomic E-state index is 13.0. The molecule has 132 valence electrons. The molecule has 3 N–H and O–H groups in total. The van der Waals surface area contributed by atoms with Crippen LogP contribution in [-0.2, 0) is 4.79 Å². The Morgan fingerprint density at radius 3 is 2.38 bits per heavy atom. The smallest absolute Gasteiger partial charge is 0.224 e. The van der Waals surface area contributed by atoms with Crippen molar-refractivity contribution in [3.05, 3.63) is 40.7 Å². The predicted molar refractivity (Wildman–Crippen MR) is 98.9 cm³/mol. The van der Waals surface area contributed by atoms with Gasteiger partial charge in [-0.2, -0.15) is 0 Å². The van der Waals surface area contributed by atoms with Gasteiger partial charge < -0.3 is 11.1 Å². The van der Waals surface area contributed by atoms with Crippen LogP contribution >= 0.6 is 23.7 Å². The molecule has 1 aromatic carbocycles. The van der Waals surface area contributed by atoms with Gasteiger partial charge in [0.1, 0.15) is 10.8 Å². The molecule has 0 radical (unpaired) electrons. The molecule has 7 heteroatoms. The molecule has 4 nitrogen and oxygen atoms in total. The van der Waals surface area contributed by atoms with E-state index in [4.69, 9.17) is 5.73 Å². The lowest BCUT2D eigenvalue weighted by atomic mass is 10.0. The Hall–Kier alpha value is -1.50. The fraction of sp³-hybridized carbons (Fsp3) is 0.412. The number of nitrogens with two attached hydrogens (primary N) is 1. The van der Waals surface area contributed by atoms with E-state index < -0.39 is 0 Å². The van der Waals surface area contributed by atoms with Gasteiger partial charge in [-0.3, -0.25) is 4.79 Å². The molecule has 0 bridgehead atoms. The van der Waals surface area contributed by atoms with Crippen LogP contribution in [0.3, 0.4) is 0 Å². The topological polar surface area (TPSA) is 68.0 Å². The molecule has 0 aliphatic rings. The van der Waals surface area contributed by atoms with E-state index in [1.165, 1.54) is 23.5 Å². The highest BCUT2D eigenvalue weighted by Gasteiger charge is 2.22. The third-order valence-electron chi connectivity index (χ3n) is 3.88. The van der Waals surface area contributed by atoms with E-state index in [9.17, 15) is 9.18 Å². The predicted octanol–water partition coefficient (Wildman–Crippen LogP) is 3.84. The lowest BCUT2D eigenvalue weighted by Gasteiger charge is -2.19. The second-order valence-corrected chi connectivity index (χ2v) is 6.88. The van der Waals surface area contributed by atoms with Crippen LogP contribution in [-0.4, -0.2) is 16.9 Å². The summed E-state index contributed by atoms with van der Waals surface area (Å²) >= 11 is 1.51. The van der Waals surface area contributed by atoms with Crippen molar-refractivity contribution in [1.82, 2.24) is 10.3 Å². The molecule has 0 saturated heterocycles. The van der Waals surface area contributed by atoms with Gasteiger partial charge in [-0.25, -0.2) is 9.37 Å². The van der Waals surface area contributed by atoms with Gasteiger partial charge in [0.2, 0.25) is 5.91 Å². The summed E-state index contributed by atoms with van der Waals surface area (Å²) in [7, 11) is 0. The van der Waals surface area contributed by atoms with Crippen molar-refractivity contribution in [3.63, 3.8) is 0 Å². The number of carbonyl (C=O) groups excluding carboxylic acids is 1. The fourth-order valence-corrected chi connectivity index (χ4v) is 3.25. The van der Waals surface area contributed by atoms with Gasteiger partial charge in [-0.05, 0) is 45.0 Å². The molecule has 3 atom stereocenters. The molecule has 0 aliphatic carbocycles. The van der Waals surface area contributed by atoms with Crippen LogP contribution in [0, 0.1) is 18.7 Å². The molecule has 2 rings (SSSR count). The molecule has 1 aromatic heterocycles. The number of carbonyl (C=O) groups is 1. The monoisotopic (exact) mass is 371 g/mol. The van der Waals surface area contributed by atoms with Gasteiger partial charge in [0, 0.05) is 17.5 Å². The summed E-state index contributed by atoms with van der Waals surface area (Å²) in [6.07, 6.45) is 0. The summed E-state index contributed by atoms with van der Waals surface area (Å²) in [4.78, 5) is 17.7. The van der Waals surface area contributed by atoms with E-state index in [1.54, 1.807) is 12.1 Å². The Balaban J connectivity index is 0.00000288. The normalized spacial score (nSPS) is 14.4. The van der Waals surface area contributed by atoms with Crippen molar-refractivity contribution < 1.29 is 9.18 Å². The third kappa shape index (κ3) is 4.75. The van der Waals surface area contributed by atoms with Crippen molar-refractivity contribution in [2.24, 2.45) is 11.7 Å². The van der Waals surface area contributed by atoms with E-state index >= 15 is 0 Å². The van der Waals surface area contributed by atoms with Gasteiger partial charge in [0.05, 0.1) is 16.6 Å². The van der Waals surface area contributed by atoms with Crippen LogP contribution < -0.4 is 11.1 Å². The molecule has 0 spiro atoms. The van der Waals surface area contributed by atoms with Crippen LogP contribution in [0.4, 0.5) is 4.39 Å². The molecule has 0 saturated carbocycles. The van der Waals surface area contributed by atoms with Gasteiger partial charge in [-0.1, -0.05) is 6.92 Å². The number of amides is 1. The van der Waals surface area contributed by atoms with Crippen molar-refractivity contribution >= 4 is 29.7 Å². The maximum atomic E-state index is 13.0. The van der Waals surface area contributed by atoms with Gasteiger partial charge in [-0.15, -0.1) is 23.7 Å². The molecule has 0 aliphatic heterocycles. The molecular formula is C17H23ClFN3OS. The van der Waals surface area contributed by atoms with E-state index in [-0.39, 0.29) is 42.1 Å². The molecule has 3 unspecified atom stereocenters. The van der Waals surface area contributed by atoms with Crippen molar-refractivity contribution in [1.29, 1.82) is 0 Å². The van der Waals surface area contributed by atoms with E-state index in [0.29, 0.717) is 0 Å². The molecule has 0 fully saturated rings. The third-order valence-corrected chi connectivity index (χ3v) is 5.27. The number of rotatable bonds is 5. The van der Waals surface area contributed by atoms with Crippen molar-refractivity contribution in [2.75, 3.05) is 0 Å². The van der Waals surface area contributed by atoms with Gasteiger partial charge >= 0.3 is 0 Å². The lowest BCUT2D eigenvalue weighted by Crippen LogP contribution is -2.39. The first-order chi connectivity index (χ1) is 10.8. The molecule has 1 amide bonds. The van der Waals surface area contributed by atoms with Gasteiger partial charge in [0.15, 0.2) is 0 Å². The highest BCUT2D eigenvalue weighted by molar-refractivity contribution is 7.15. The second kappa shape index (κ2) is 8.55. The molecule has 2 aromatic rings. The van der Waals surface area contributed by atoms with Gasteiger partial charge in [0.25, 0.3) is 0 Å². The average molecular weight is 372 g/mol. The van der Waals surface area contributed by atoms with Crippen LogP contribution in [0.25, 0.3) is 10.6 Å². The van der Waals surface area contributed by atoms with Crippen LogP contribution in [0.15, 0.2) is 24.3 Å². The summed E-state index contributed by atoms with van der Waals surface area (Å²) in [5, 5.41) is 3.80. The SMILES string of the molecule is Cc1nc(-c2ccc(F)cc2)sc1C(C)NC(=O)C(C)C(C)N.Cl. The van der Waals surface area contributed by atoms with E-state index in [1.807, 2.05) is 27.7 Å².